The van der Waals surface area contributed by atoms with Crippen LogP contribution in [0.3, 0.4) is 0 Å². The molecule has 0 saturated heterocycles. The number of allylic oxidation sites excluding steroid dienone is 1. The molecule has 0 aromatic heterocycles. The van der Waals surface area contributed by atoms with Crippen LogP contribution in [-0.4, -0.2) is 30.7 Å². The topological polar surface area (TPSA) is 78.6 Å². The first-order chi connectivity index (χ1) is 17.0. The third-order valence-corrected chi connectivity index (χ3v) is 11.2. The molecule has 0 radical (unpaired) electrons. The van der Waals surface area contributed by atoms with Crippen LogP contribution in [0.1, 0.15) is 106 Å². The molecule has 5 nitrogen and oxygen atoms in total. The summed E-state index contributed by atoms with van der Waals surface area (Å²) < 4.78 is 11.7. The molecule has 36 heavy (non-hydrogen) atoms. The van der Waals surface area contributed by atoms with E-state index in [0.717, 1.165) is 38.6 Å². The van der Waals surface area contributed by atoms with Gasteiger partial charge >= 0.3 is 11.9 Å². The van der Waals surface area contributed by atoms with Gasteiger partial charge in [0.1, 0.15) is 12.2 Å². The fourth-order valence-corrected chi connectivity index (χ4v) is 9.43. The van der Waals surface area contributed by atoms with Gasteiger partial charge in [0.05, 0.1) is 0 Å². The molecule has 3 unspecified atom stereocenters. The Morgan fingerprint density at radius 3 is 2.44 bits per heavy atom. The smallest absolute Gasteiger partial charge is 0.302 e. The summed E-state index contributed by atoms with van der Waals surface area (Å²) in [5.41, 5.74) is 7.81. The lowest BCUT2D eigenvalue weighted by molar-refractivity contribution is -0.151. The summed E-state index contributed by atoms with van der Waals surface area (Å²) in [6, 6.07) is 0. The summed E-state index contributed by atoms with van der Waals surface area (Å²) in [6.45, 7) is 13.5. The van der Waals surface area contributed by atoms with Gasteiger partial charge in [-0.1, -0.05) is 52.2 Å². The molecule has 4 aliphatic rings. The van der Waals surface area contributed by atoms with E-state index in [1.54, 1.807) is 6.92 Å². The highest BCUT2D eigenvalue weighted by molar-refractivity contribution is 5.66. The van der Waals surface area contributed by atoms with E-state index in [1.807, 2.05) is 0 Å². The Morgan fingerprint density at radius 2 is 1.78 bits per heavy atom. The molecule has 0 bridgehead atoms. The zero-order valence-corrected chi connectivity index (χ0v) is 23.7. The van der Waals surface area contributed by atoms with Crippen molar-refractivity contribution in [1.82, 2.24) is 0 Å². The van der Waals surface area contributed by atoms with Crippen molar-refractivity contribution in [3.05, 3.63) is 11.6 Å². The molecule has 0 aliphatic heterocycles. The van der Waals surface area contributed by atoms with Crippen LogP contribution < -0.4 is 5.73 Å². The number of fused-ring (bicyclic) bond motifs is 5. The molecule has 3 fully saturated rings. The Hall–Kier alpha value is -1.36. The molecular formula is C31H51NO4. The van der Waals surface area contributed by atoms with E-state index in [2.05, 4.69) is 33.8 Å². The minimum Gasteiger partial charge on any atom is -0.462 e. The number of ether oxygens (including phenoxy) is 2. The van der Waals surface area contributed by atoms with Crippen molar-refractivity contribution in [3.8, 4) is 0 Å². The second kappa shape index (κ2) is 10.8. The summed E-state index contributed by atoms with van der Waals surface area (Å²) in [5, 5.41) is 0. The van der Waals surface area contributed by atoms with E-state index in [0.29, 0.717) is 35.5 Å². The molecule has 2 N–H and O–H groups in total. The van der Waals surface area contributed by atoms with Gasteiger partial charge in [-0.15, -0.1) is 0 Å². The number of rotatable bonds is 8. The Morgan fingerprint density at radius 1 is 1.06 bits per heavy atom. The molecule has 0 aromatic carbocycles. The van der Waals surface area contributed by atoms with Crippen molar-refractivity contribution in [3.63, 3.8) is 0 Å². The van der Waals surface area contributed by atoms with Gasteiger partial charge in [0.15, 0.2) is 0 Å². The molecule has 4 rings (SSSR count). The number of carbonyl (C=O) groups excluding carboxylic acids is 2. The van der Waals surface area contributed by atoms with Crippen LogP contribution >= 0.6 is 0 Å². The SMILES string of the molecule is CC(=O)OC1CC[C@@]2(C)C(=CC[C@H]3[C@@H]4CC(OC(C)=O)[C@H]([C@H](C)CCCC(C)CN)[C@@]4(C)CC[C@@H]32)C1. The van der Waals surface area contributed by atoms with E-state index in [-0.39, 0.29) is 35.0 Å². The highest BCUT2D eigenvalue weighted by Gasteiger charge is 2.62. The predicted molar refractivity (Wildman–Crippen MR) is 143 cm³/mol. The minimum atomic E-state index is -0.161. The zero-order chi connectivity index (χ0) is 26.3. The Labute approximate surface area is 219 Å². The van der Waals surface area contributed by atoms with Crippen LogP contribution in [0.5, 0.6) is 0 Å². The highest BCUT2D eigenvalue weighted by atomic mass is 16.5. The summed E-state index contributed by atoms with van der Waals surface area (Å²) in [5.74, 6) is 3.16. The van der Waals surface area contributed by atoms with Crippen LogP contribution in [0.4, 0.5) is 0 Å². The van der Waals surface area contributed by atoms with Crippen LogP contribution in [0.15, 0.2) is 11.6 Å². The Balaban J connectivity index is 1.55. The van der Waals surface area contributed by atoms with Gasteiger partial charge in [-0.3, -0.25) is 9.59 Å². The Bertz CT molecular complexity index is 854. The lowest BCUT2D eigenvalue weighted by atomic mass is 9.47. The second-order valence-corrected chi connectivity index (χ2v) is 13.4. The van der Waals surface area contributed by atoms with E-state index in [4.69, 9.17) is 15.2 Å². The summed E-state index contributed by atoms with van der Waals surface area (Å²) in [7, 11) is 0. The summed E-state index contributed by atoms with van der Waals surface area (Å²) in [6.07, 6.45) is 13.7. The van der Waals surface area contributed by atoms with Gasteiger partial charge in [-0.2, -0.15) is 0 Å². The number of nitrogens with two attached hydrogens (primary N) is 1. The average molecular weight is 502 g/mol. The fraction of sp³-hybridized carbons (Fsp3) is 0.871. The zero-order valence-electron chi connectivity index (χ0n) is 23.7. The first-order valence-corrected chi connectivity index (χ1v) is 14.7. The van der Waals surface area contributed by atoms with Crippen molar-refractivity contribution in [2.75, 3.05) is 6.54 Å². The van der Waals surface area contributed by atoms with Crippen molar-refractivity contribution in [2.45, 2.75) is 118 Å². The number of esters is 2. The lowest BCUT2D eigenvalue weighted by Crippen LogP contribution is -2.51. The molecule has 204 valence electrons. The third-order valence-electron chi connectivity index (χ3n) is 11.2. The van der Waals surface area contributed by atoms with Crippen LogP contribution in [0, 0.1) is 46.3 Å². The Kier molecular flexibility index (Phi) is 8.29. The van der Waals surface area contributed by atoms with Crippen molar-refractivity contribution in [2.24, 2.45) is 52.1 Å². The van der Waals surface area contributed by atoms with E-state index in [1.165, 1.54) is 44.6 Å². The molecule has 0 amide bonds. The quantitative estimate of drug-likeness (QED) is 0.306. The first-order valence-electron chi connectivity index (χ1n) is 14.7. The normalized spacial score (nSPS) is 41.2. The van der Waals surface area contributed by atoms with Gasteiger partial charge in [0.25, 0.3) is 0 Å². The van der Waals surface area contributed by atoms with Gasteiger partial charge in [-0.25, -0.2) is 0 Å². The number of carbonyl (C=O) groups is 2. The molecule has 4 aliphatic carbocycles. The van der Waals surface area contributed by atoms with Crippen molar-refractivity contribution < 1.29 is 19.1 Å². The lowest BCUT2D eigenvalue weighted by Gasteiger charge is -2.58. The number of hydrogen-bond donors (Lipinski definition) is 1. The van der Waals surface area contributed by atoms with Crippen LogP contribution in [0.25, 0.3) is 0 Å². The van der Waals surface area contributed by atoms with Crippen LogP contribution in [0.2, 0.25) is 0 Å². The third kappa shape index (κ3) is 5.15. The largest absolute Gasteiger partial charge is 0.462 e. The van der Waals surface area contributed by atoms with Gasteiger partial charge < -0.3 is 15.2 Å². The maximum atomic E-state index is 12.2. The van der Waals surface area contributed by atoms with Crippen LogP contribution in [-0.2, 0) is 19.1 Å². The van der Waals surface area contributed by atoms with E-state index < -0.39 is 0 Å². The van der Waals surface area contributed by atoms with E-state index >= 15 is 0 Å². The predicted octanol–water partition coefficient (Wildman–Crippen LogP) is 6.44. The highest BCUT2D eigenvalue weighted by Crippen LogP contribution is 2.67. The van der Waals surface area contributed by atoms with Gasteiger partial charge in [0.2, 0.25) is 0 Å². The second-order valence-electron chi connectivity index (χ2n) is 13.4. The first kappa shape index (κ1) is 27.7. The average Bonchev–Trinajstić information content (AvgIpc) is 3.09. The summed E-state index contributed by atoms with van der Waals surface area (Å²) in [4.78, 5) is 23.7. The molecule has 0 spiro atoms. The molecule has 10 atom stereocenters. The molecule has 0 aromatic rings. The minimum absolute atomic E-state index is 0.0380. The van der Waals surface area contributed by atoms with Crippen molar-refractivity contribution >= 4 is 11.9 Å². The maximum Gasteiger partial charge on any atom is 0.302 e. The summed E-state index contributed by atoms with van der Waals surface area (Å²) >= 11 is 0. The molecule has 0 heterocycles. The standard InChI is InChI=1S/C31H51NO4/c1-19(18-32)8-7-9-20(2)29-28(36-22(4)34)17-27-25-11-10-23-16-24(35-21(3)33)12-14-30(23,5)26(25)13-15-31(27,29)6/h10,19-20,24-29H,7-9,11-18,32H2,1-6H3/t19?,20-,24?,25-,26+,27+,28?,29+,30+,31+/m1/s1. The molecule has 5 heteroatoms. The van der Waals surface area contributed by atoms with Crippen molar-refractivity contribution in [1.29, 1.82) is 0 Å². The monoisotopic (exact) mass is 501 g/mol. The van der Waals surface area contributed by atoms with Gasteiger partial charge in [-0.05, 0) is 91.9 Å². The number of hydrogen-bond acceptors (Lipinski definition) is 5. The maximum absolute atomic E-state index is 12.2. The van der Waals surface area contributed by atoms with E-state index in [9.17, 15) is 9.59 Å². The molecule has 3 saturated carbocycles. The van der Waals surface area contributed by atoms with Gasteiger partial charge in [0, 0.05) is 26.2 Å². The fourth-order valence-electron chi connectivity index (χ4n) is 9.43. The molecular weight excluding hydrogens is 450 g/mol.